The minimum absolute atomic E-state index is 0.0230. The van der Waals surface area contributed by atoms with Gasteiger partial charge < -0.3 is 15.2 Å². The molecule has 0 aliphatic rings. The lowest BCUT2D eigenvalue weighted by atomic mass is 10.1. The Morgan fingerprint density at radius 3 is 2.61 bits per heavy atom. The van der Waals surface area contributed by atoms with E-state index in [-0.39, 0.29) is 17.2 Å². The first-order chi connectivity index (χ1) is 10.9. The second-order valence-electron chi connectivity index (χ2n) is 5.02. The number of phenolic OH excluding ortho intramolecular Hbond substituents is 1. The lowest BCUT2D eigenvalue weighted by Crippen LogP contribution is -2.11. The number of carbonyl (C=O) groups is 2. The highest BCUT2D eigenvalue weighted by Gasteiger charge is 2.18. The van der Waals surface area contributed by atoms with E-state index < -0.39 is 12.1 Å². The Morgan fingerprint density at radius 1 is 1.22 bits per heavy atom. The maximum atomic E-state index is 12.2. The molecule has 6 heteroatoms. The van der Waals surface area contributed by atoms with Crippen molar-refractivity contribution in [3.63, 3.8) is 0 Å². The predicted molar refractivity (Wildman–Crippen MR) is 87.7 cm³/mol. The Balaban J connectivity index is 2.18. The number of rotatable bonds is 4. The van der Waals surface area contributed by atoms with Crippen LogP contribution in [0.1, 0.15) is 35.9 Å². The smallest absolute Gasteiger partial charge is 0.342 e. The monoisotopic (exact) mass is 333 g/mol. The number of anilines is 1. The summed E-state index contributed by atoms with van der Waals surface area (Å²) >= 11 is 5.92. The molecule has 1 amide bonds. The summed E-state index contributed by atoms with van der Waals surface area (Å²) in [7, 11) is 0. The summed E-state index contributed by atoms with van der Waals surface area (Å²) in [4.78, 5) is 23.3. The minimum atomic E-state index is -0.692. The molecule has 5 nitrogen and oxygen atoms in total. The van der Waals surface area contributed by atoms with Gasteiger partial charge in [0.2, 0.25) is 5.91 Å². The van der Waals surface area contributed by atoms with Crippen LogP contribution in [0.15, 0.2) is 42.5 Å². The van der Waals surface area contributed by atoms with Crippen LogP contribution in [0.25, 0.3) is 0 Å². The molecular formula is C17H16ClNO4. The van der Waals surface area contributed by atoms with Gasteiger partial charge in [0.15, 0.2) is 0 Å². The van der Waals surface area contributed by atoms with Crippen molar-refractivity contribution in [2.24, 2.45) is 0 Å². The van der Waals surface area contributed by atoms with Crippen LogP contribution in [0.2, 0.25) is 5.02 Å². The molecule has 0 bridgehead atoms. The van der Waals surface area contributed by atoms with Gasteiger partial charge in [0.1, 0.15) is 17.4 Å². The summed E-state index contributed by atoms with van der Waals surface area (Å²) in [6, 6.07) is 11.2. The van der Waals surface area contributed by atoms with Gasteiger partial charge in [-0.15, -0.1) is 0 Å². The molecule has 2 aromatic rings. The normalized spacial score (nSPS) is 11.6. The predicted octanol–water partition coefficient (Wildman–Crippen LogP) is 3.92. The lowest BCUT2D eigenvalue weighted by molar-refractivity contribution is -0.114. The van der Waals surface area contributed by atoms with Gasteiger partial charge in [-0.2, -0.15) is 0 Å². The van der Waals surface area contributed by atoms with Crippen molar-refractivity contribution in [2.45, 2.75) is 20.0 Å². The first kappa shape index (κ1) is 16.8. The molecule has 0 aliphatic heterocycles. The molecule has 0 spiro atoms. The molecule has 0 heterocycles. The third-order valence-electron chi connectivity index (χ3n) is 3.14. The zero-order valence-corrected chi connectivity index (χ0v) is 13.4. The number of amides is 1. The first-order valence-corrected chi connectivity index (χ1v) is 7.31. The Labute approximate surface area is 138 Å². The van der Waals surface area contributed by atoms with E-state index in [0.29, 0.717) is 10.7 Å². The molecule has 1 atom stereocenters. The highest BCUT2D eigenvalue weighted by molar-refractivity contribution is 6.30. The Hall–Kier alpha value is -2.53. The van der Waals surface area contributed by atoms with E-state index in [4.69, 9.17) is 16.3 Å². The van der Waals surface area contributed by atoms with Gasteiger partial charge in [-0.3, -0.25) is 4.79 Å². The number of halogens is 1. The van der Waals surface area contributed by atoms with Crippen LogP contribution in [0.4, 0.5) is 5.69 Å². The number of phenols is 1. The van der Waals surface area contributed by atoms with Crippen LogP contribution < -0.4 is 5.32 Å². The largest absolute Gasteiger partial charge is 0.507 e. The Morgan fingerprint density at radius 2 is 1.96 bits per heavy atom. The summed E-state index contributed by atoms with van der Waals surface area (Å²) in [6.07, 6.45) is -0.537. The van der Waals surface area contributed by atoms with Crippen LogP contribution in [0, 0.1) is 0 Å². The summed E-state index contributed by atoms with van der Waals surface area (Å²) in [6.45, 7) is 3.06. The quantitative estimate of drug-likeness (QED) is 0.656. The van der Waals surface area contributed by atoms with Gasteiger partial charge in [-0.1, -0.05) is 23.7 Å². The van der Waals surface area contributed by atoms with Gasteiger partial charge in [0.25, 0.3) is 0 Å². The third kappa shape index (κ3) is 4.47. The molecule has 0 aliphatic carbocycles. The fourth-order valence-electron chi connectivity index (χ4n) is 2.03. The van der Waals surface area contributed by atoms with Crippen LogP contribution in [0.5, 0.6) is 5.75 Å². The van der Waals surface area contributed by atoms with Crippen LogP contribution in [-0.2, 0) is 9.53 Å². The van der Waals surface area contributed by atoms with Crippen molar-refractivity contribution in [2.75, 3.05) is 5.32 Å². The number of hydrogen-bond acceptors (Lipinski definition) is 4. The maximum absolute atomic E-state index is 12.2. The van der Waals surface area contributed by atoms with E-state index in [1.54, 1.807) is 31.2 Å². The van der Waals surface area contributed by atoms with Crippen molar-refractivity contribution >= 4 is 29.2 Å². The van der Waals surface area contributed by atoms with Crippen molar-refractivity contribution < 1.29 is 19.4 Å². The van der Waals surface area contributed by atoms with Crippen LogP contribution >= 0.6 is 11.6 Å². The van der Waals surface area contributed by atoms with E-state index in [2.05, 4.69) is 5.32 Å². The SMILES string of the molecule is CC(=O)Nc1ccc(O)c(C(=O)O[C@H](C)c2cccc(Cl)c2)c1. The standard InChI is InChI=1S/C17H16ClNO4/c1-10(12-4-3-5-13(18)8-12)23-17(22)15-9-14(19-11(2)20)6-7-16(15)21/h3-10,21H,1-2H3,(H,19,20)/t10-/m1/s1. The second kappa shape index (κ2) is 7.15. The van der Waals surface area contributed by atoms with E-state index in [0.717, 1.165) is 5.56 Å². The molecule has 23 heavy (non-hydrogen) atoms. The lowest BCUT2D eigenvalue weighted by Gasteiger charge is -2.15. The molecule has 2 rings (SSSR count). The Kier molecular flexibility index (Phi) is 5.24. The van der Waals surface area contributed by atoms with Crippen molar-refractivity contribution in [1.29, 1.82) is 0 Å². The molecule has 2 N–H and O–H groups in total. The zero-order valence-electron chi connectivity index (χ0n) is 12.7. The van der Waals surface area contributed by atoms with E-state index in [1.807, 2.05) is 0 Å². The summed E-state index contributed by atoms with van der Waals surface area (Å²) in [5.74, 6) is -1.19. The average Bonchev–Trinajstić information content (AvgIpc) is 2.48. The van der Waals surface area contributed by atoms with Gasteiger partial charge in [-0.25, -0.2) is 4.79 Å². The number of nitrogens with one attached hydrogen (secondary N) is 1. The number of carbonyl (C=O) groups excluding carboxylic acids is 2. The van der Waals surface area contributed by atoms with Gasteiger partial charge in [0, 0.05) is 17.6 Å². The number of ether oxygens (including phenoxy) is 1. The fraction of sp³-hybridized carbons (Fsp3) is 0.176. The highest BCUT2D eigenvalue weighted by atomic mass is 35.5. The topological polar surface area (TPSA) is 75.6 Å². The molecule has 120 valence electrons. The summed E-state index contributed by atoms with van der Waals surface area (Å²) in [5.41, 5.74) is 1.12. The minimum Gasteiger partial charge on any atom is -0.507 e. The van der Waals surface area contributed by atoms with Crippen molar-refractivity contribution in [3.8, 4) is 5.75 Å². The van der Waals surface area contributed by atoms with Crippen molar-refractivity contribution in [1.82, 2.24) is 0 Å². The van der Waals surface area contributed by atoms with E-state index in [1.165, 1.54) is 25.1 Å². The number of esters is 1. The van der Waals surface area contributed by atoms with E-state index >= 15 is 0 Å². The van der Waals surface area contributed by atoms with Gasteiger partial charge in [-0.05, 0) is 42.8 Å². The summed E-state index contributed by atoms with van der Waals surface area (Å²) < 4.78 is 5.35. The van der Waals surface area contributed by atoms with E-state index in [9.17, 15) is 14.7 Å². The number of hydrogen-bond donors (Lipinski definition) is 2. The number of aromatic hydroxyl groups is 1. The van der Waals surface area contributed by atoms with Crippen LogP contribution in [0.3, 0.4) is 0 Å². The fourth-order valence-corrected chi connectivity index (χ4v) is 2.23. The van der Waals surface area contributed by atoms with Crippen LogP contribution in [-0.4, -0.2) is 17.0 Å². The van der Waals surface area contributed by atoms with Gasteiger partial charge in [0.05, 0.1) is 0 Å². The highest BCUT2D eigenvalue weighted by Crippen LogP contribution is 2.26. The molecule has 0 fully saturated rings. The first-order valence-electron chi connectivity index (χ1n) is 6.94. The Bertz CT molecular complexity index is 745. The molecule has 0 unspecified atom stereocenters. The average molecular weight is 334 g/mol. The zero-order chi connectivity index (χ0) is 17.0. The molecule has 0 saturated carbocycles. The molecule has 0 aromatic heterocycles. The molecule has 2 aromatic carbocycles. The third-order valence-corrected chi connectivity index (χ3v) is 3.37. The summed E-state index contributed by atoms with van der Waals surface area (Å²) in [5, 5.41) is 12.9. The van der Waals surface area contributed by atoms with Gasteiger partial charge >= 0.3 is 5.97 Å². The maximum Gasteiger partial charge on any atom is 0.342 e. The molecule has 0 radical (unpaired) electrons. The number of benzene rings is 2. The second-order valence-corrected chi connectivity index (χ2v) is 5.45. The van der Waals surface area contributed by atoms with Crippen molar-refractivity contribution in [3.05, 3.63) is 58.6 Å². The molecular weight excluding hydrogens is 318 g/mol. The molecule has 0 saturated heterocycles.